The normalized spacial score (nSPS) is 12.3. The fraction of sp³-hybridized carbons (Fsp3) is 0.364. The van der Waals surface area contributed by atoms with Crippen molar-refractivity contribution in [1.29, 1.82) is 0 Å². The van der Waals surface area contributed by atoms with Crippen LogP contribution in [-0.4, -0.2) is 15.7 Å². The SMILES string of the molecule is Cc1cc2c(cn1)cc(C)n2CC(F)(F)F. The number of halogens is 3. The topological polar surface area (TPSA) is 17.8 Å². The van der Waals surface area contributed by atoms with Crippen LogP contribution in [0.2, 0.25) is 0 Å². The Morgan fingerprint density at radius 3 is 2.56 bits per heavy atom. The summed E-state index contributed by atoms with van der Waals surface area (Å²) >= 11 is 0. The van der Waals surface area contributed by atoms with Crippen LogP contribution in [-0.2, 0) is 6.54 Å². The summed E-state index contributed by atoms with van der Waals surface area (Å²) in [5.41, 5.74) is 1.90. The molecule has 0 saturated heterocycles. The number of rotatable bonds is 1. The zero-order chi connectivity index (χ0) is 11.9. The average Bonchev–Trinajstić information content (AvgIpc) is 2.42. The Morgan fingerprint density at radius 1 is 1.25 bits per heavy atom. The second-order valence-electron chi connectivity index (χ2n) is 3.87. The zero-order valence-corrected chi connectivity index (χ0v) is 8.97. The van der Waals surface area contributed by atoms with E-state index in [4.69, 9.17) is 0 Å². The fourth-order valence-corrected chi connectivity index (χ4v) is 1.78. The van der Waals surface area contributed by atoms with E-state index in [0.717, 1.165) is 5.39 Å². The molecule has 0 aliphatic heterocycles. The van der Waals surface area contributed by atoms with E-state index in [1.54, 1.807) is 32.2 Å². The molecule has 2 heterocycles. The summed E-state index contributed by atoms with van der Waals surface area (Å²) in [6.45, 7) is 2.48. The first-order chi connectivity index (χ1) is 7.37. The fourth-order valence-electron chi connectivity index (χ4n) is 1.78. The highest BCUT2D eigenvalue weighted by Gasteiger charge is 2.29. The summed E-state index contributed by atoms with van der Waals surface area (Å²) in [5.74, 6) is 0. The Morgan fingerprint density at radius 2 is 1.94 bits per heavy atom. The van der Waals surface area contributed by atoms with E-state index in [9.17, 15) is 13.2 Å². The van der Waals surface area contributed by atoms with Gasteiger partial charge < -0.3 is 4.57 Å². The minimum absolute atomic E-state index is 0.585. The molecule has 5 heteroatoms. The third-order valence-electron chi connectivity index (χ3n) is 2.47. The Hall–Kier alpha value is -1.52. The van der Waals surface area contributed by atoms with Crippen LogP contribution in [0, 0.1) is 13.8 Å². The molecule has 0 fully saturated rings. The smallest absolute Gasteiger partial charge is 0.336 e. The van der Waals surface area contributed by atoms with Crippen LogP contribution in [0.3, 0.4) is 0 Å². The summed E-state index contributed by atoms with van der Waals surface area (Å²) in [7, 11) is 0. The van der Waals surface area contributed by atoms with Gasteiger partial charge in [0.15, 0.2) is 0 Å². The molecule has 2 aromatic heterocycles. The molecule has 0 N–H and O–H groups in total. The predicted molar refractivity (Wildman–Crippen MR) is 55.3 cm³/mol. The Bertz CT molecular complexity index is 526. The first-order valence-electron chi connectivity index (χ1n) is 4.86. The summed E-state index contributed by atoms with van der Waals surface area (Å²) in [6, 6.07) is 3.39. The van der Waals surface area contributed by atoms with Gasteiger partial charge >= 0.3 is 6.18 Å². The van der Waals surface area contributed by atoms with Crippen molar-refractivity contribution in [3.8, 4) is 0 Å². The highest BCUT2D eigenvalue weighted by Crippen LogP contribution is 2.25. The molecule has 0 aromatic carbocycles. The van der Waals surface area contributed by atoms with E-state index in [1.165, 1.54) is 4.57 Å². The van der Waals surface area contributed by atoms with Crippen LogP contribution in [0.25, 0.3) is 10.9 Å². The molecule has 0 atom stereocenters. The Labute approximate surface area is 90.7 Å². The minimum atomic E-state index is -4.20. The van der Waals surface area contributed by atoms with Crippen molar-refractivity contribution in [3.05, 3.63) is 29.7 Å². The molecule has 0 aliphatic rings. The van der Waals surface area contributed by atoms with Crippen molar-refractivity contribution in [1.82, 2.24) is 9.55 Å². The van der Waals surface area contributed by atoms with Crippen LogP contribution < -0.4 is 0 Å². The van der Waals surface area contributed by atoms with Gasteiger partial charge in [-0.2, -0.15) is 13.2 Å². The number of nitrogens with zero attached hydrogens (tertiary/aromatic N) is 2. The maximum absolute atomic E-state index is 12.4. The van der Waals surface area contributed by atoms with Crippen molar-refractivity contribution >= 4 is 10.9 Å². The number of alkyl halides is 3. The van der Waals surface area contributed by atoms with Crippen LogP contribution in [0.4, 0.5) is 13.2 Å². The monoisotopic (exact) mass is 228 g/mol. The molecule has 0 bridgehead atoms. The van der Waals surface area contributed by atoms with Crippen LogP contribution >= 0.6 is 0 Å². The van der Waals surface area contributed by atoms with Gasteiger partial charge in [-0.25, -0.2) is 0 Å². The van der Waals surface area contributed by atoms with Gasteiger partial charge in [-0.1, -0.05) is 0 Å². The van der Waals surface area contributed by atoms with Crippen molar-refractivity contribution in [2.45, 2.75) is 26.6 Å². The van der Waals surface area contributed by atoms with Gasteiger partial charge in [0.05, 0.1) is 5.52 Å². The first-order valence-corrected chi connectivity index (χ1v) is 4.86. The summed E-state index contributed by atoms with van der Waals surface area (Å²) < 4.78 is 38.4. The molecule has 0 saturated carbocycles. The third kappa shape index (κ3) is 2.03. The average molecular weight is 228 g/mol. The van der Waals surface area contributed by atoms with Crippen molar-refractivity contribution in [2.24, 2.45) is 0 Å². The Kier molecular flexibility index (Phi) is 2.40. The first kappa shape index (κ1) is 11.0. The molecule has 2 rings (SSSR count). The van der Waals surface area contributed by atoms with Gasteiger partial charge in [0.25, 0.3) is 0 Å². The maximum Gasteiger partial charge on any atom is 0.406 e. The molecule has 2 nitrogen and oxygen atoms in total. The molecular formula is C11H11F3N2. The largest absolute Gasteiger partial charge is 0.406 e. The standard InChI is InChI=1S/C11H11F3N2/c1-7-3-10-9(5-15-7)4-8(2)16(10)6-11(12,13)14/h3-5H,6H2,1-2H3. The lowest BCUT2D eigenvalue weighted by Crippen LogP contribution is -2.18. The van der Waals surface area contributed by atoms with Crippen LogP contribution in [0.1, 0.15) is 11.4 Å². The van der Waals surface area contributed by atoms with E-state index in [2.05, 4.69) is 4.98 Å². The molecule has 0 amide bonds. The molecule has 2 aromatic rings. The van der Waals surface area contributed by atoms with Gasteiger partial charge in [-0.3, -0.25) is 4.98 Å². The van der Waals surface area contributed by atoms with Gasteiger partial charge in [0.2, 0.25) is 0 Å². The maximum atomic E-state index is 12.4. The van der Waals surface area contributed by atoms with E-state index < -0.39 is 12.7 Å². The zero-order valence-electron chi connectivity index (χ0n) is 8.97. The molecule has 0 unspecified atom stereocenters. The summed E-state index contributed by atoms with van der Waals surface area (Å²) in [6.07, 6.45) is -2.60. The minimum Gasteiger partial charge on any atom is -0.336 e. The van der Waals surface area contributed by atoms with Crippen molar-refractivity contribution in [3.63, 3.8) is 0 Å². The van der Waals surface area contributed by atoms with Gasteiger partial charge in [0.1, 0.15) is 6.54 Å². The number of hydrogen-bond donors (Lipinski definition) is 0. The number of pyridine rings is 1. The van der Waals surface area contributed by atoms with E-state index in [0.29, 0.717) is 16.9 Å². The van der Waals surface area contributed by atoms with Crippen LogP contribution in [0.5, 0.6) is 0 Å². The lowest BCUT2D eigenvalue weighted by atomic mass is 10.3. The van der Waals surface area contributed by atoms with E-state index in [-0.39, 0.29) is 0 Å². The van der Waals surface area contributed by atoms with Crippen molar-refractivity contribution < 1.29 is 13.2 Å². The van der Waals surface area contributed by atoms with E-state index >= 15 is 0 Å². The second-order valence-corrected chi connectivity index (χ2v) is 3.87. The van der Waals surface area contributed by atoms with Gasteiger partial charge in [-0.15, -0.1) is 0 Å². The Balaban J connectivity index is 2.58. The molecule has 16 heavy (non-hydrogen) atoms. The van der Waals surface area contributed by atoms with Gasteiger partial charge in [0, 0.05) is 23.0 Å². The molecule has 0 aliphatic carbocycles. The number of fused-ring (bicyclic) bond motifs is 1. The molecule has 0 spiro atoms. The molecule has 86 valence electrons. The highest BCUT2D eigenvalue weighted by atomic mass is 19.4. The second kappa shape index (κ2) is 3.50. The number of aryl methyl sites for hydroxylation is 2. The number of aromatic nitrogens is 2. The number of hydrogen-bond acceptors (Lipinski definition) is 1. The van der Waals surface area contributed by atoms with Gasteiger partial charge in [-0.05, 0) is 26.0 Å². The quantitative estimate of drug-likeness (QED) is 0.732. The van der Waals surface area contributed by atoms with E-state index in [1.807, 2.05) is 0 Å². The van der Waals surface area contributed by atoms with Crippen LogP contribution in [0.15, 0.2) is 18.3 Å². The summed E-state index contributed by atoms with van der Waals surface area (Å²) in [4.78, 5) is 4.06. The predicted octanol–water partition coefficient (Wildman–Crippen LogP) is 3.22. The third-order valence-corrected chi connectivity index (χ3v) is 2.47. The van der Waals surface area contributed by atoms with Crippen molar-refractivity contribution in [2.75, 3.05) is 0 Å². The molecular weight excluding hydrogens is 217 g/mol. The highest BCUT2D eigenvalue weighted by molar-refractivity contribution is 5.80. The lowest BCUT2D eigenvalue weighted by molar-refractivity contribution is -0.140. The summed E-state index contributed by atoms with van der Waals surface area (Å²) in [5, 5.41) is 0.743. The molecule has 0 radical (unpaired) electrons. The lowest BCUT2D eigenvalue weighted by Gasteiger charge is -2.11.